The van der Waals surface area contributed by atoms with Gasteiger partial charge in [-0.05, 0) is 60.7 Å². The monoisotopic (exact) mass is 381 g/mol. The van der Waals surface area contributed by atoms with Crippen LogP contribution in [0.25, 0.3) is 16.9 Å². The normalized spacial score (nSPS) is 11.0. The molecular weight excluding hydrogens is 368 g/mol. The standard InChI is InChI=1S/C15H13FIN3/c1-9-7-11(10(2)18-9)13-8-15(17)20(19-13)14-6-4-3-5-12(14)16/h3-8,18H,1-2H3. The molecule has 0 fully saturated rings. The smallest absolute Gasteiger partial charge is 0.148 e. The molecule has 0 amide bonds. The number of rotatable bonds is 2. The summed E-state index contributed by atoms with van der Waals surface area (Å²) in [6, 6.07) is 10.7. The van der Waals surface area contributed by atoms with Crippen LogP contribution in [0.5, 0.6) is 0 Å². The Morgan fingerprint density at radius 2 is 1.95 bits per heavy atom. The molecule has 5 heteroatoms. The first kappa shape index (κ1) is 13.4. The molecule has 3 aromatic rings. The first-order chi connectivity index (χ1) is 9.56. The van der Waals surface area contributed by atoms with Crippen LogP contribution >= 0.6 is 22.6 Å². The average molecular weight is 381 g/mol. The summed E-state index contributed by atoms with van der Waals surface area (Å²) in [6.45, 7) is 4.02. The summed E-state index contributed by atoms with van der Waals surface area (Å²) in [7, 11) is 0. The molecule has 0 aliphatic rings. The summed E-state index contributed by atoms with van der Waals surface area (Å²) in [6.07, 6.45) is 0. The van der Waals surface area contributed by atoms with E-state index in [-0.39, 0.29) is 5.82 Å². The molecular formula is C15H13FIN3. The topological polar surface area (TPSA) is 33.6 Å². The summed E-state index contributed by atoms with van der Waals surface area (Å²) in [5.74, 6) is -0.276. The molecule has 1 aromatic carbocycles. The zero-order chi connectivity index (χ0) is 14.3. The second kappa shape index (κ2) is 5.05. The van der Waals surface area contributed by atoms with Crippen LogP contribution < -0.4 is 0 Å². The van der Waals surface area contributed by atoms with Crippen molar-refractivity contribution in [2.75, 3.05) is 0 Å². The zero-order valence-electron chi connectivity index (χ0n) is 11.1. The molecule has 0 radical (unpaired) electrons. The number of benzene rings is 1. The number of aryl methyl sites for hydroxylation is 2. The van der Waals surface area contributed by atoms with E-state index in [0.717, 1.165) is 26.3 Å². The summed E-state index contributed by atoms with van der Waals surface area (Å²) in [4.78, 5) is 3.26. The lowest BCUT2D eigenvalue weighted by atomic mass is 10.2. The minimum Gasteiger partial charge on any atom is -0.362 e. The molecule has 0 saturated carbocycles. The second-order valence-electron chi connectivity index (χ2n) is 4.71. The van der Waals surface area contributed by atoms with E-state index in [2.05, 4.69) is 38.7 Å². The Labute approximate surface area is 130 Å². The molecule has 0 saturated heterocycles. The summed E-state index contributed by atoms with van der Waals surface area (Å²) >= 11 is 2.17. The van der Waals surface area contributed by atoms with Crippen LogP contribution in [0.1, 0.15) is 11.4 Å². The minimum absolute atomic E-state index is 0.276. The molecule has 0 bridgehead atoms. The molecule has 2 heterocycles. The third-order valence-corrected chi connectivity index (χ3v) is 3.94. The van der Waals surface area contributed by atoms with Gasteiger partial charge in [0.1, 0.15) is 15.2 Å². The van der Waals surface area contributed by atoms with Gasteiger partial charge in [0.25, 0.3) is 0 Å². The summed E-state index contributed by atoms with van der Waals surface area (Å²) in [5, 5.41) is 4.53. The highest BCUT2D eigenvalue weighted by molar-refractivity contribution is 14.1. The predicted octanol–water partition coefficient (Wildman–Crippen LogP) is 4.23. The third-order valence-electron chi connectivity index (χ3n) is 3.17. The van der Waals surface area contributed by atoms with Gasteiger partial charge < -0.3 is 4.98 Å². The molecule has 0 spiro atoms. The van der Waals surface area contributed by atoms with Gasteiger partial charge in [0.05, 0.1) is 5.69 Å². The van der Waals surface area contributed by atoms with Crippen LogP contribution in [-0.4, -0.2) is 14.8 Å². The summed E-state index contributed by atoms with van der Waals surface area (Å²) < 4.78 is 16.4. The highest BCUT2D eigenvalue weighted by atomic mass is 127. The van der Waals surface area contributed by atoms with Gasteiger partial charge in [-0.25, -0.2) is 9.07 Å². The SMILES string of the molecule is Cc1cc(-c2cc(I)n(-c3ccccc3F)n2)c(C)[nH]1. The minimum atomic E-state index is -0.276. The van der Waals surface area contributed by atoms with Crippen LogP contribution in [0.15, 0.2) is 36.4 Å². The highest BCUT2D eigenvalue weighted by Crippen LogP contribution is 2.26. The second-order valence-corrected chi connectivity index (χ2v) is 5.81. The highest BCUT2D eigenvalue weighted by Gasteiger charge is 2.14. The van der Waals surface area contributed by atoms with Crippen molar-refractivity contribution >= 4 is 22.6 Å². The fourth-order valence-corrected chi connectivity index (χ4v) is 2.94. The van der Waals surface area contributed by atoms with Crippen molar-refractivity contribution in [3.63, 3.8) is 0 Å². The lowest BCUT2D eigenvalue weighted by molar-refractivity contribution is 0.609. The number of hydrogen-bond donors (Lipinski definition) is 1. The molecule has 2 aromatic heterocycles. The Bertz CT molecular complexity index is 773. The lowest BCUT2D eigenvalue weighted by Gasteiger charge is -2.04. The van der Waals surface area contributed by atoms with Gasteiger partial charge in [-0.15, -0.1) is 0 Å². The first-order valence-electron chi connectivity index (χ1n) is 6.23. The van der Waals surface area contributed by atoms with E-state index in [4.69, 9.17) is 0 Å². The molecule has 0 aliphatic heterocycles. The van der Waals surface area contributed by atoms with E-state index >= 15 is 0 Å². The van der Waals surface area contributed by atoms with E-state index in [1.807, 2.05) is 26.0 Å². The van der Waals surface area contributed by atoms with Gasteiger partial charge in [0.15, 0.2) is 0 Å². The van der Waals surface area contributed by atoms with Gasteiger partial charge >= 0.3 is 0 Å². The van der Waals surface area contributed by atoms with E-state index in [0.29, 0.717) is 5.69 Å². The van der Waals surface area contributed by atoms with Crippen molar-refractivity contribution in [1.82, 2.24) is 14.8 Å². The Balaban J connectivity index is 2.13. The lowest BCUT2D eigenvalue weighted by Crippen LogP contribution is -2.01. The average Bonchev–Trinajstić information content (AvgIpc) is 2.93. The maximum atomic E-state index is 13.9. The van der Waals surface area contributed by atoms with E-state index in [1.165, 1.54) is 6.07 Å². The molecule has 0 aliphatic carbocycles. The first-order valence-corrected chi connectivity index (χ1v) is 7.31. The van der Waals surface area contributed by atoms with Crippen molar-refractivity contribution in [3.8, 4) is 16.9 Å². The van der Waals surface area contributed by atoms with Crippen molar-refractivity contribution in [3.05, 3.63) is 57.3 Å². The van der Waals surface area contributed by atoms with Crippen molar-refractivity contribution in [2.45, 2.75) is 13.8 Å². The molecule has 102 valence electrons. The van der Waals surface area contributed by atoms with E-state index < -0.39 is 0 Å². The van der Waals surface area contributed by atoms with Gasteiger partial charge in [0, 0.05) is 17.0 Å². The van der Waals surface area contributed by atoms with E-state index in [1.54, 1.807) is 16.8 Å². The number of para-hydroxylation sites is 1. The largest absolute Gasteiger partial charge is 0.362 e. The number of aromatic amines is 1. The summed E-state index contributed by atoms with van der Waals surface area (Å²) in [5.41, 5.74) is 4.52. The number of nitrogens with one attached hydrogen (secondary N) is 1. The van der Waals surface area contributed by atoms with Crippen LogP contribution in [0.4, 0.5) is 4.39 Å². The van der Waals surface area contributed by atoms with Crippen molar-refractivity contribution in [2.24, 2.45) is 0 Å². The maximum Gasteiger partial charge on any atom is 0.148 e. The molecule has 3 rings (SSSR count). The Morgan fingerprint density at radius 3 is 2.60 bits per heavy atom. The molecule has 20 heavy (non-hydrogen) atoms. The van der Waals surface area contributed by atoms with Crippen LogP contribution in [0.2, 0.25) is 0 Å². The predicted molar refractivity (Wildman–Crippen MR) is 85.5 cm³/mol. The maximum absolute atomic E-state index is 13.9. The fraction of sp³-hybridized carbons (Fsp3) is 0.133. The van der Waals surface area contributed by atoms with Gasteiger partial charge in [0.2, 0.25) is 0 Å². The quantitative estimate of drug-likeness (QED) is 0.663. The van der Waals surface area contributed by atoms with Crippen LogP contribution in [0.3, 0.4) is 0 Å². The van der Waals surface area contributed by atoms with Crippen molar-refractivity contribution < 1.29 is 4.39 Å². The zero-order valence-corrected chi connectivity index (χ0v) is 13.3. The van der Waals surface area contributed by atoms with Gasteiger partial charge in [-0.2, -0.15) is 5.10 Å². The Kier molecular flexibility index (Phi) is 3.37. The van der Waals surface area contributed by atoms with E-state index in [9.17, 15) is 4.39 Å². The van der Waals surface area contributed by atoms with Gasteiger partial charge in [-0.3, -0.25) is 0 Å². The number of hydrogen-bond acceptors (Lipinski definition) is 1. The van der Waals surface area contributed by atoms with Crippen molar-refractivity contribution in [1.29, 1.82) is 0 Å². The Hall–Kier alpha value is -1.63. The molecule has 0 unspecified atom stereocenters. The molecule has 1 N–H and O–H groups in total. The molecule has 0 atom stereocenters. The van der Waals surface area contributed by atoms with Crippen LogP contribution in [0, 0.1) is 23.4 Å². The number of H-pyrrole nitrogens is 1. The van der Waals surface area contributed by atoms with Gasteiger partial charge in [-0.1, -0.05) is 12.1 Å². The number of halogens is 2. The third kappa shape index (κ3) is 2.26. The number of aromatic nitrogens is 3. The fourth-order valence-electron chi connectivity index (χ4n) is 2.27. The Morgan fingerprint density at radius 1 is 1.20 bits per heavy atom. The van der Waals surface area contributed by atoms with Crippen LogP contribution in [-0.2, 0) is 0 Å². The number of nitrogens with zero attached hydrogens (tertiary/aromatic N) is 2. The molecule has 3 nitrogen and oxygen atoms in total.